The highest BCUT2D eigenvalue weighted by atomic mass is 32.1. The molecule has 0 aliphatic rings. The van der Waals surface area contributed by atoms with Crippen molar-refractivity contribution in [3.05, 3.63) is 84.8 Å². The van der Waals surface area contributed by atoms with Crippen LogP contribution in [0.4, 0.5) is 11.4 Å². The van der Waals surface area contributed by atoms with E-state index in [0.717, 1.165) is 42.1 Å². The summed E-state index contributed by atoms with van der Waals surface area (Å²) in [6.07, 6.45) is 0.0549. The Bertz CT molecular complexity index is 1270. The average Bonchev–Trinajstić information content (AvgIpc) is 3.25. The molecule has 0 unspecified atom stereocenters. The molecule has 0 aliphatic carbocycles. The number of nitro groups is 1. The number of carbonyl (C=O) groups excluding carboxylic acids is 3. The number of benzene rings is 2. The number of hydrogen-bond donors (Lipinski definition) is 1. The zero-order chi connectivity index (χ0) is 24.8. The number of amides is 1. The third-order valence-corrected chi connectivity index (χ3v) is 5.61. The SMILES string of the molecule is COC(=O)c1cc(C(=O)OCc2csc(CC(=O)Nc3cc(C)ccc3C)n2)cc([N+](=O)[O-])c1. The summed E-state index contributed by atoms with van der Waals surface area (Å²) in [6.45, 7) is 3.64. The van der Waals surface area contributed by atoms with E-state index < -0.39 is 22.5 Å². The van der Waals surface area contributed by atoms with E-state index in [-0.39, 0.29) is 30.1 Å². The Balaban J connectivity index is 1.62. The minimum absolute atomic E-state index is 0.0549. The van der Waals surface area contributed by atoms with Crippen molar-refractivity contribution in [2.75, 3.05) is 12.4 Å². The molecule has 10 nitrogen and oxygen atoms in total. The van der Waals surface area contributed by atoms with Crippen LogP contribution in [0, 0.1) is 24.0 Å². The Morgan fingerprint density at radius 2 is 1.79 bits per heavy atom. The lowest BCUT2D eigenvalue weighted by Crippen LogP contribution is -2.15. The van der Waals surface area contributed by atoms with E-state index in [9.17, 15) is 24.5 Å². The molecule has 3 rings (SSSR count). The van der Waals surface area contributed by atoms with E-state index >= 15 is 0 Å². The summed E-state index contributed by atoms with van der Waals surface area (Å²) in [4.78, 5) is 51.2. The predicted octanol–water partition coefficient (Wildman–Crippen LogP) is 3.99. The third-order valence-electron chi connectivity index (χ3n) is 4.71. The first kappa shape index (κ1) is 24.5. The first-order chi connectivity index (χ1) is 16.2. The number of aromatic nitrogens is 1. The number of anilines is 1. The minimum Gasteiger partial charge on any atom is -0.465 e. The predicted molar refractivity (Wildman–Crippen MR) is 124 cm³/mol. The molecule has 34 heavy (non-hydrogen) atoms. The number of carbonyl (C=O) groups is 3. The van der Waals surface area contributed by atoms with Gasteiger partial charge in [-0.2, -0.15) is 0 Å². The normalized spacial score (nSPS) is 10.4. The number of rotatable bonds is 8. The largest absolute Gasteiger partial charge is 0.465 e. The van der Waals surface area contributed by atoms with Crippen LogP contribution in [0.2, 0.25) is 0 Å². The van der Waals surface area contributed by atoms with Crippen molar-refractivity contribution in [1.82, 2.24) is 4.98 Å². The van der Waals surface area contributed by atoms with Crippen LogP contribution in [-0.4, -0.2) is 34.9 Å². The second-order valence-electron chi connectivity index (χ2n) is 7.37. The van der Waals surface area contributed by atoms with Crippen LogP contribution in [0.25, 0.3) is 0 Å². The third kappa shape index (κ3) is 6.23. The lowest BCUT2D eigenvalue weighted by Gasteiger charge is -2.08. The fourth-order valence-corrected chi connectivity index (χ4v) is 3.77. The molecule has 0 fully saturated rings. The number of aryl methyl sites for hydroxylation is 2. The highest BCUT2D eigenvalue weighted by Crippen LogP contribution is 2.20. The zero-order valence-electron chi connectivity index (χ0n) is 18.6. The van der Waals surface area contributed by atoms with Gasteiger partial charge in [-0.25, -0.2) is 14.6 Å². The molecule has 0 radical (unpaired) electrons. The number of methoxy groups -OCH3 is 1. The molecule has 1 heterocycles. The van der Waals surface area contributed by atoms with Crippen molar-refractivity contribution in [2.45, 2.75) is 26.9 Å². The summed E-state index contributed by atoms with van der Waals surface area (Å²) in [5, 5.41) is 16.2. The van der Waals surface area contributed by atoms with Gasteiger partial charge in [-0.15, -0.1) is 11.3 Å². The maximum Gasteiger partial charge on any atom is 0.338 e. The Morgan fingerprint density at radius 3 is 2.47 bits per heavy atom. The Kier molecular flexibility index (Phi) is 7.69. The molecule has 1 amide bonds. The van der Waals surface area contributed by atoms with Gasteiger partial charge in [0.1, 0.15) is 11.6 Å². The standard InChI is InChI=1S/C23H21N3O7S/c1-13-4-5-14(2)19(6-13)25-20(27)10-21-24-17(12-34-21)11-33-23(29)16-7-15(22(28)32-3)8-18(9-16)26(30)31/h4-9,12H,10-11H2,1-3H3,(H,25,27). The fourth-order valence-electron chi connectivity index (χ4n) is 2.99. The van der Waals surface area contributed by atoms with E-state index in [1.165, 1.54) is 11.3 Å². The average molecular weight is 484 g/mol. The van der Waals surface area contributed by atoms with Gasteiger partial charge >= 0.3 is 11.9 Å². The van der Waals surface area contributed by atoms with E-state index in [2.05, 4.69) is 15.0 Å². The summed E-state index contributed by atoms with van der Waals surface area (Å²) in [5.41, 5.74) is 2.38. The lowest BCUT2D eigenvalue weighted by atomic mass is 10.1. The maximum atomic E-state index is 12.4. The fraction of sp³-hybridized carbons (Fsp3) is 0.217. The van der Waals surface area contributed by atoms with Crippen molar-refractivity contribution >= 4 is 40.6 Å². The van der Waals surface area contributed by atoms with Crippen molar-refractivity contribution in [3.8, 4) is 0 Å². The van der Waals surface area contributed by atoms with Crippen LogP contribution < -0.4 is 5.32 Å². The molecule has 0 atom stereocenters. The molecule has 2 aromatic carbocycles. The number of nitro benzene ring substituents is 1. The second kappa shape index (κ2) is 10.7. The molecule has 176 valence electrons. The van der Waals surface area contributed by atoms with Gasteiger partial charge in [0.25, 0.3) is 5.69 Å². The van der Waals surface area contributed by atoms with E-state index in [4.69, 9.17) is 4.74 Å². The first-order valence-corrected chi connectivity index (χ1v) is 10.9. The van der Waals surface area contributed by atoms with Crippen LogP contribution in [0.5, 0.6) is 0 Å². The minimum atomic E-state index is -0.865. The number of ether oxygens (including phenoxy) is 2. The lowest BCUT2D eigenvalue weighted by molar-refractivity contribution is -0.384. The van der Waals surface area contributed by atoms with Crippen molar-refractivity contribution < 1.29 is 28.8 Å². The topological polar surface area (TPSA) is 138 Å². The van der Waals surface area contributed by atoms with Crippen molar-refractivity contribution in [1.29, 1.82) is 0 Å². The summed E-state index contributed by atoms with van der Waals surface area (Å²) in [7, 11) is 1.13. The molecule has 0 bridgehead atoms. The van der Waals surface area contributed by atoms with Gasteiger partial charge in [-0.3, -0.25) is 14.9 Å². The van der Waals surface area contributed by atoms with Gasteiger partial charge in [0, 0.05) is 23.2 Å². The van der Waals surface area contributed by atoms with E-state index in [1.807, 2.05) is 32.0 Å². The molecular weight excluding hydrogens is 462 g/mol. The first-order valence-electron chi connectivity index (χ1n) is 10.0. The van der Waals surface area contributed by atoms with E-state index in [1.54, 1.807) is 5.38 Å². The Morgan fingerprint density at radius 1 is 1.09 bits per heavy atom. The van der Waals surface area contributed by atoms with Crippen LogP contribution in [0.15, 0.2) is 41.8 Å². The zero-order valence-corrected chi connectivity index (χ0v) is 19.4. The van der Waals surface area contributed by atoms with Crippen molar-refractivity contribution in [2.24, 2.45) is 0 Å². The second-order valence-corrected chi connectivity index (χ2v) is 8.31. The number of nitrogens with zero attached hydrogens (tertiary/aromatic N) is 2. The van der Waals surface area contributed by atoms with Gasteiger partial charge < -0.3 is 14.8 Å². The maximum absolute atomic E-state index is 12.4. The highest BCUT2D eigenvalue weighted by Gasteiger charge is 2.20. The van der Waals surface area contributed by atoms with Crippen LogP contribution >= 0.6 is 11.3 Å². The molecule has 0 saturated heterocycles. The number of non-ortho nitro benzene ring substituents is 1. The molecule has 0 spiro atoms. The van der Waals surface area contributed by atoms with E-state index in [0.29, 0.717) is 10.7 Å². The molecule has 1 N–H and O–H groups in total. The van der Waals surface area contributed by atoms with Gasteiger partial charge in [0.15, 0.2) is 0 Å². The summed E-state index contributed by atoms with van der Waals surface area (Å²) < 4.78 is 9.75. The molecule has 0 saturated carbocycles. The number of hydrogen-bond acceptors (Lipinski definition) is 9. The Hall–Kier alpha value is -4.12. The quantitative estimate of drug-likeness (QED) is 0.288. The molecular formula is C23H21N3O7S. The smallest absolute Gasteiger partial charge is 0.338 e. The molecule has 3 aromatic rings. The molecule has 11 heteroatoms. The monoisotopic (exact) mass is 483 g/mol. The highest BCUT2D eigenvalue weighted by molar-refractivity contribution is 7.09. The van der Waals surface area contributed by atoms with Gasteiger partial charge in [-0.05, 0) is 37.1 Å². The number of nitrogens with one attached hydrogen (secondary N) is 1. The number of esters is 2. The Labute approximate surface area is 198 Å². The van der Waals surface area contributed by atoms with Gasteiger partial charge in [-0.1, -0.05) is 12.1 Å². The summed E-state index contributed by atoms with van der Waals surface area (Å²) >= 11 is 1.25. The number of thiazole rings is 1. The summed E-state index contributed by atoms with van der Waals surface area (Å²) in [5.74, 6) is -1.91. The molecule has 1 aromatic heterocycles. The van der Waals surface area contributed by atoms with Crippen LogP contribution in [0.3, 0.4) is 0 Å². The van der Waals surface area contributed by atoms with Crippen molar-refractivity contribution in [3.63, 3.8) is 0 Å². The van der Waals surface area contributed by atoms with Crippen LogP contribution in [0.1, 0.15) is 42.5 Å². The molecule has 0 aliphatic heterocycles. The van der Waals surface area contributed by atoms with Gasteiger partial charge in [0.2, 0.25) is 5.91 Å². The van der Waals surface area contributed by atoms with Crippen LogP contribution in [-0.2, 0) is 27.3 Å². The summed E-state index contributed by atoms with van der Waals surface area (Å²) in [6, 6.07) is 8.96. The van der Waals surface area contributed by atoms with Gasteiger partial charge in [0.05, 0.1) is 35.3 Å².